The van der Waals surface area contributed by atoms with Gasteiger partial charge in [0.25, 0.3) is 0 Å². The van der Waals surface area contributed by atoms with Gasteiger partial charge in [0, 0.05) is 39.3 Å². The van der Waals surface area contributed by atoms with E-state index in [1.54, 1.807) is 16.8 Å². The number of ether oxygens (including phenoxy) is 2. The van der Waals surface area contributed by atoms with Gasteiger partial charge in [-0.2, -0.15) is 4.98 Å². The van der Waals surface area contributed by atoms with Crippen LogP contribution < -0.4 is 9.80 Å². The van der Waals surface area contributed by atoms with Crippen LogP contribution in [0.2, 0.25) is 0 Å². The highest BCUT2D eigenvalue weighted by Gasteiger charge is 2.22. The predicted octanol–water partition coefficient (Wildman–Crippen LogP) is -0.694. The average molecular weight is 365 g/mol. The number of carboxylic acids is 1. The van der Waals surface area contributed by atoms with E-state index < -0.39 is 5.97 Å². The number of anilines is 2. The lowest BCUT2D eigenvalue weighted by molar-refractivity contribution is -0.133. The van der Waals surface area contributed by atoms with E-state index in [2.05, 4.69) is 9.97 Å². The number of morpholine rings is 2. The highest BCUT2D eigenvalue weighted by Crippen LogP contribution is 2.18. The zero-order chi connectivity index (χ0) is 18.5. The number of likely N-dealkylation sites (N-methyl/N-ethyl adjacent to an activating group) is 1. The SMILES string of the molecule is CN(CC(=O)N1CCOCC1)c1cc(C(=O)O)nc(N2CCOCC2)n1. The molecular formula is C16H23N5O5. The van der Waals surface area contributed by atoms with Crippen molar-refractivity contribution in [3.05, 3.63) is 11.8 Å². The molecule has 1 N–H and O–H groups in total. The molecule has 3 heterocycles. The van der Waals surface area contributed by atoms with Crippen LogP contribution >= 0.6 is 0 Å². The third kappa shape index (κ3) is 4.38. The van der Waals surface area contributed by atoms with Crippen molar-refractivity contribution in [3.63, 3.8) is 0 Å². The summed E-state index contributed by atoms with van der Waals surface area (Å²) in [7, 11) is 1.72. The molecule has 142 valence electrons. The Balaban J connectivity index is 1.77. The summed E-state index contributed by atoms with van der Waals surface area (Å²) >= 11 is 0. The summed E-state index contributed by atoms with van der Waals surface area (Å²) in [5.41, 5.74) is -0.0952. The van der Waals surface area contributed by atoms with Gasteiger partial charge in [-0.1, -0.05) is 0 Å². The summed E-state index contributed by atoms with van der Waals surface area (Å²) < 4.78 is 10.6. The van der Waals surface area contributed by atoms with Crippen LogP contribution in [0.3, 0.4) is 0 Å². The molecule has 26 heavy (non-hydrogen) atoms. The fraction of sp³-hybridized carbons (Fsp3) is 0.625. The molecule has 2 saturated heterocycles. The van der Waals surface area contributed by atoms with Gasteiger partial charge in [-0.15, -0.1) is 0 Å². The quantitative estimate of drug-likeness (QED) is 0.725. The zero-order valence-corrected chi connectivity index (χ0v) is 14.8. The fourth-order valence-electron chi connectivity index (χ4n) is 2.83. The number of carboxylic acid groups (broad SMARTS) is 1. The van der Waals surface area contributed by atoms with Crippen LogP contribution in [0.25, 0.3) is 0 Å². The van der Waals surface area contributed by atoms with Crippen molar-refractivity contribution < 1.29 is 24.2 Å². The first kappa shape index (κ1) is 18.3. The number of amides is 1. The summed E-state index contributed by atoms with van der Waals surface area (Å²) in [5, 5.41) is 9.36. The van der Waals surface area contributed by atoms with Crippen molar-refractivity contribution in [1.29, 1.82) is 0 Å². The lowest BCUT2D eigenvalue weighted by Gasteiger charge is -2.30. The second-order valence-corrected chi connectivity index (χ2v) is 6.17. The van der Waals surface area contributed by atoms with E-state index in [1.165, 1.54) is 6.07 Å². The van der Waals surface area contributed by atoms with Gasteiger partial charge < -0.3 is 29.3 Å². The molecule has 0 aromatic carbocycles. The number of carbonyl (C=O) groups excluding carboxylic acids is 1. The number of carbonyl (C=O) groups is 2. The Kier molecular flexibility index (Phi) is 5.84. The van der Waals surface area contributed by atoms with E-state index >= 15 is 0 Å². The number of nitrogens with zero attached hydrogens (tertiary/aromatic N) is 5. The molecule has 10 heteroatoms. The molecule has 0 saturated carbocycles. The molecule has 0 aliphatic carbocycles. The van der Waals surface area contributed by atoms with Crippen molar-refractivity contribution in [1.82, 2.24) is 14.9 Å². The van der Waals surface area contributed by atoms with Gasteiger partial charge in [-0.25, -0.2) is 9.78 Å². The molecule has 0 bridgehead atoms. The Morgan fingerprint density at radius 1 is 1.12 bits per heavy atom. The smallest absolute Gasteiger partial charge is 0.354 e. The summed E-state index contributed by atoms with van der Waals surface area (Å²) in [6.07, 6.45) is 0. The minimum Gasteiger partial charge on any atom is -0.477 e. The molecule has 2 aliphatic heterocycles. The summed E-state index contributed by atoms with van der Waals surface area (Å²) in [6.45, 7) is 4.59. The van der Waals surface area contributed by atoms with Crippen LogP contribution in [0, 0.1) is 0 Å². The molecule has 3 rings (SSSR count). The Morgan fingerprint density at radius 3 is 2.35 bits per heavy atom. The van der Waals surface area contributed by atoms with Gasteiger partial charge in [0.15, 0.2) is 5.69 Å². The topological polar surface area (TPSA) is 108 Å². The van der Waals surface area contributed by atoms with Gasteiger partial charge in [0.2, 0.25) is 11.9 Å². The van der Waals surface area contributed by atoms with Crippen molar-refractivity contribution in [2.24, 2.45) is 0 Å². The summed E-state index contributed by atoms with van der Waals surface area (Å²) in [4.78, 5) is 37.7. The van der Waals surface area contributed by atoms with Crippen molar-refractivity contribution in [2.45, 2.75) is 0 Å². The lowest BCUT2D eigenvalue weighted by atomic mass is 10.3. The minimum absolute atomic E-state index is 0.0424. The molecule has 0 radical (unpaired) electrons. The number of rotatable bonds is 5. The fourth-order valence-corrected chi connectivity index (χ4v) is 2.83. The van der Waals surface area contributed by atoms with E-state index in [-0.39, 0.29) is 18.1 Å². The Bertz CT molecular complexity index is 658. The van der Waals surface area contributed by atoms with Gasteiger partial charge in [-0.3, -0.25) is 4.79 Å². The lowest BCUT2D eigenvalue weighted by Crippen LogP contribution is -2.45. The van der Waals surface area contributed by atoms with Crippen LogP contribution in [0.4, 0.5) is 11.8 Å². The number of aromatic nitrogens is 2. The zero-order valence-electron chi connectivity index (χ0n) is 14.8. The molecule has 1 aromatic rings. The Hall–Kier alpha value is -2.46. The maximum Gasteiger partial charge on any atom is 0.354 e. The predicted molar refractivity (Wildman–Crippen MR) is 92.7 cm³/mol. The van der Waals surface area contributed by atoms with Crippen LogP contribution in [-0.2, 0) is 14.3 Å². The van der Waals surface area contributed by atoms with E-state index in [4.69, 9.17) is 9.47 Å². The van der Waals surface area contributed by atoms with E-state index in [0.29, 0.717) is 64.4 Å². The molecule has 0 atom stereocenters. The highest BCUT2D eigenvalue weighted by molar-refractivity contribution is 5.87. The second-order valence-electron chi connectivity index (χ2n) is 6.17. The van der Waals surface area contributed by atoms with Crippen LogP contribution in [-0.4, -0.2) is 98.0 Å². The van der Waals surface area contributed by atoms with E-state index in [1.807, 2.05) is 4.90 Å². The first-order chi connectivity index (χ1) is 12.5. The van der Waals surface area contributed by atoms with Crippen LogP contribution in [0.15, 0.2) is 6.07 Å². The molecule has 1 aromatic heterocycles. The number of hydrogen-bond acceptors (Lipinski definition) is 8. The second kappa shape index (κ2) is 8.28. The average Bonchev–Trinajstić information content (AvgIpc) is 2.68. The molecular weight excluding hydrogens is 342 g/mol. The Morgan fingerprint density at radius 2 is 1.73 bits per heavy atom. The van der Waals surface area contributed by atoms with Crippen molar-refractivity contribution in [2.75, 3.05) is 76.0 Å². The first-order valence-corrected chi connectivity index (χ1v) is 8.56. The van der Waals surface area contributed by atoms with Gasteiger partial charge in [0.1, 0.15) is 5.82 Å². The number of hydrogen-bond donors (Lipinski definition) is 1. The maximum atomic E-state index is 12.4. The van der Waals surface area contributed by atoms with Crippen molar-refractivity contribution >= 4 is 23.6 Å². The molecule has 0 spiro atoms. The molecule has 2 aliphatic rings. The normalized spacial score (nSPS) is 17.9. The molecule has 0 unspecified atom stereocenters. The molecule has 10 nitrogen and oxygen atoms in total. The van der Waals surface area contributed by atoms with Gasteiger partial charge in [0.05, 0.1) is 33.0 Å². The molecule has 1 amide bonds. The van der Waals surface area contributed by atoms with E-state index in [9.17, 15) is 14.7 Å². The highest BCUT2D eigenvalue weighted by atomic mass is 16.5. The van der Waals surface area contributed by atoms with Crippen molar-refractivity contribution in [3.8, 4) is 0 Å². The Labute approximate surface area is 151 Å². The van der Waals surface area contributed by atoms with Gasteiger partial charge >= 0.3 is 5.97 Å². The van der Waals surface area contributed by atoms with E-state index in [0.717, 1.165) is 0 Å². The third-order valence-corrected chi connectivity index (χ3v) is 4.34. The monoisotopic (exact) mass is 365 g/mol. The maximum absolute atomic E-state index is 12.4. The van der Waals surface area contributed by atoms with Crippen LogP contribution in [0.5, 0.6) is 0 Å². The standard InChI is InChI=1S/C16H23N5O5/c1-19(11-14(22)20-2-6-25-7-3-20)13-10-12(15(23)24)17-16(18-13)21-4-8-26-9-5-21/h10H,2-9,11H2,1H3,(H,23,24). The third-order valence-electron chi connectivity index (χ3n) is 4.34. The minimum atomic E-state index is -1.13. The first-order valence-electron chi connectivity index (χ1n) is 8.56. The van der Waals surface area contributed by atoms with Gasteiger partial charge in [-0.05, 0) is 0 Å². The van der Waals surface area contributed by atoms with Crippen LogP contribution in [0.1, 0.15) is 10.5 Å². The summed E-state index contributed by atoms with van der Waals surface area (Å²) in [5.74, 6) is -0.426. The largest absolute Gasteiger partial charge is 0.477 e. The summed E-state index contributed by atoms with van der Waals surface area (Å²) in [6, 6.07) is 1.39. The number of aromatic carboxylic acids is 1. The molecule has 2 fully saturated rings.